The van der Waals surface area contributed by atoms with Crippen LogP contribution in [0.1, 0.15) is 47.8 Å². The van der Waals surface area contributed by atoms with Crippen LogP contribution in [0.15, 0.2) is 65.6 Å². The third kappa shape index (κ3) is 6.47. The number of hydrogen-bond acceptors (Lipinski definition) is 8. The van der Waals surface area contributed by atoms with Gasteiger partial charge >= 0.3 is 5.69 Å². The van der Waals surface area contributed by atoms with Gasteiger partial charge in [-0.2, -0.15) is 0 Å². The molecule has 53 heavy (non-hydrogen) atoms. The molecule has 0 saturated carbocycles. The van der Waals surface area contributed by atoms with Gasteiger partial charge in [-0.25, -0.2) is 14.8 Å². The van der Waals surface area contributed by atoms with Gasteiger partial charge in [-0.1, -0.05) is 0 Å². The predicted octanol–water partition coefficient (Wildman–Crippen LogP) is 3.57. The number of fused-ring (bicyclic) bond motifs is 2. The Morgan fingerprint density at radius 3 is 2.32 bits per heavy atom. The second kappa shape index (κ2) is 13.8. The summed E-state index contributed by atoms with van der Waals surface area (Å²) in [5.41, 5.74) is 8.50. The van der Waals surface area contributed by atoms with E-state index in [0.29, 0.717) is 43.2 Å². The molecule has 4 aliphatic rings. The van der Waals surface area contributed by atoms with E-state index in [1.165, 1.54) is 11.4 Å². The molecular formula is C40H46N10O3. The van der Waals surface area contributed by atoms with Crippen molar-refractivity contribution in [3.05, 3.63) is 82.5 Å². The molecule has 0 bridgehead atoms. The van der Waals surface area contributed by atoms with Crippen molar-refractivity contribution in [2.24, 2.45) is 13.0 Å². The lowest BCUT2D eigenvalue weighted by atomic mass is 9.95. The summed E-state index contributed by atoms with van der Waals surface area (Å²) < 4.78 is 3.62. The summed E-state index contributed by atoms with van der Waals surface area (Å²) in [5.74, 6) is 1.37. The molecule has 2 amide bonds. The lowest BCUT2D eigenvalue weighted by Crippen LogP contribution is -2.49. The number of rotatable bonds is 7. The van der Waals surface area contributed by atoms with Crippen molar-refractivity contribution in [3.63, 3.8) is 0 Å². The van der Waals surface area contributed by atoms with E-state index in [4.69, 9.17) is 4.98 Å². The van der Waals surface area contributed by atoms with Crippen molar-refractivity contribution in [1.82, 2.24) is 39.6 Å². The van der Waals surface area contributed by atoms with Gasteiger partial charge in [-0.15, -0.1) is 0 Å². The van der Waals surface area contributed by atoms with E-state index >= 15 is 0 Å². The lowest BCUT2D eigenvalue weighted by molar-refractivity contribution is -0.122. The number of H-pyrrole nitrogens is 1. The number of nitrogens with one attached hydrogen (secondary N) is 3. The lowest BCUT2D eigenvalue weighted by Gasteiger charge is -2.40. The molecular weight excluding hydrogens is 669 g/mol. The SMILES string of the molecule is Cn1c(=O)n(C2CCC(=O)NC2)c2ccc(N3CCC(CN4CCN(c5ccc(-c6nccc(-c7cc8c([nH]7)CCNC8=O)n6)cc5)CC4)CC3)cc21. The molecule has 1 atom stereocenters. The Balaban J connectivity index is 0.773. The van der Waals surface area contributed by atoms with Crippen molar-refractivity contribution in [1.29, 1.82) is 0 Å². The third-order valence-corrected chi connectivity index (χ3v) is 11.8. The summed E-state index contributed by atoms with van der Waals surface area (Å²) in [6.45, 7) is 8.43. The first kappa shape index (κ1) is 33.4. The average molecular weight is 715 g/mol. The molecule has 7 heterocycles. The summed E-state index contributed by atoms with van der Waals surface area (Å²) in [4.78, 5) is 57.5. The number of amides is 2. The fourth-order valence-electron chi connectivity index (χ4n) is 8.67. The number of carbonyl (C=O) groups is 2. The molecule has 274 valence electrons. The highest BCUT2D eigenvalue weighted by molar-refractivity contribution is 5.97. The summed E-state index contributed by atoms with van der Waals surface area (Å²) in [6, 6.07) is 18.7. The van der Waals surface area contributed by atoms with Gasteiger partial charge in [0.1, 0.15) is 0 Å². The van der Waals surface area contributed by atoms with Crippen molar-refractivity contribution >= 4 is 34.2 Å². The molecule has 0 spiro atoms. The summed E-state index contributed by atoms with van der Waals surface area (Å²) in [7, 11) is 1.85. The third-order valence-electron chi connectivity index (χ3n) is 11.8. The van der Waals surface area contributed by atoms with Gasteiger partial charge in [0.25, 0.3) is 5.91 Å². The van der Waals surface area contributed by atoms with Crippen LogP contribution in [0.25, 0.3) is 33.8 Å². The molecule has 3 aromatic heterocycles. The highest BCUT2D eigenvalue weighted by atomic mass is 16.2. The van der Waals surface area contributed by atoms with E-state index in [-0.39, 0.29) is 23.5 Å². The Labute approximate surface area is 308 Å². The molecule has 5 aromatic rings. The minimum absolute atomic E-state index is 0.00745. The molecule has 13 nitrogen and oxygen atoms in total. The number of anilines is 2. The van der Waals surface area contributed by atoms with Gasteiger partial charge < -0.3 is 25.4 Å². The van der Waals surface area contributed by atoms with Gasteiger partial charge in [-0.05, 0) is 79.8 Å². The summed E-state index contributed by atoms with van der Waals surface area (Å²) in [5, 5.41) is 5.82. The largest absolute Gasteiger partial charge is 0.371 e. The Hall–Kier alpha value is -5.43. The number of benzene rings is 2. The standard InChI is InChI=1S/C40H46N10O3/c1-46-36-22-29(6-8-35(36)50(40(46)53)30-7-9-37(51)43-24-30)48-16-12-26(13-17-48)25-47-18-20-49(21-19-47)28-4-2-27(3-5-28)38-41-14-11-33(45-38)34-23-31-32(44-34)10-15-42-39(31)52/h2-6,8,11,14,22-23,26,30,44H,7,9-10,12-13,15-21,24-25H2,1H3,(H,42,52)(H,43,51). The molecule has 4 aliphatic heterocycles. The number of nitrogens with zero attached hydrogens (tertiary/aromatic N) is 7. The zero-order valence-electron chi connectivity index (χ0n) is 30.2. The predicted molar refractivity (Wildman–Crippen MR) is 205 cm³/mol. The fraction of sp³-hybridized carbons (Fsp3) is 0.425. The van der Waals surface area contributed by atoms with Crippen LogP contribution >= 0.6 is 0 Å². The van der Waals surface area contributed by atoms with Gasteiger partial charge in [0, 0.05) is 108 Å². The molecule has 0 radical (unpaired) electrons. The van der Waals surface area contributed by atoms with Crippen LogP contribution in [0, 0.1) is 5.92 Å². The van der Waals surface area contributed by atoms with Gasteiger partial charge in [0.15, 0.2) is 5.82 Å². The number of carbonyl (C=O) groups excluding carboxylic acids is 2. The second-order valence-electron chi connectivity index (χ2n) is 15.0. The van der Waals surface area contributed by atoms with Crippen molar-refractivity contribution in [3.8, 4) is 22.8 Å². The maximum Gasteiger partial charge on any atom is 0.329 e. The Bertz CT molecular complexity index is 2210. The highest BCUT2D eigenvalue weighted by Crippen LogP contribution is 2.30. The monoisotopic (exact) mass is 714 g/mol. The van der Waals surface area contributed by atoms with Crippen LogP contribution in [0.3, 0.4) is 0 Å². The maximum atomic E-state index is 13.2. The highest BCUT2D eigenvalue weighted by Gasteiger charge is 2.27. The van der Waals surface area contributed by atoms with Crippen LogP contribution in [0.4, 0.5) is 11.4 Å². The molecule has 9 rings (SSSR count). The van der Waals surface area contributed by atoms with Gasteiger partial charge in [0.2, 0.25) is 5.91 Å². The molecule has 3 N–H and O–H groups in total. The zero-order chi connectivity index (χ0) is 36.1. The van der Waals surface area contributed by atoms with Gasteiger partial charge in [0.05, 0.1) is 34.0 Å². The molecule has 13 heteroatoms. The molecule has 1 unspecified atom stereocenters. The summed E-state index contributed by atoms with van der Waals surface area (Å²) in [6.07, 6.45) is 6.03. The number of imidazole rings is 1. The first-order chi connectivity index (χ1) is 25.9. The van der Waals surface area contributed by atoms with Crippen LogP contribution < -0.4 is 26.1 Å². The number of aryl methyl sites for hydroxylation is 1. The number of piperazine rings is 1. The number of aromatic amines is 1. The minimum atomic E-state index is -0.0386. The zero-order valence-corrected chi connectivity index (χ0v) is 30.2. The van der Waals surface area contributed by atoms with Crippen molar-refractivity contribution < 1.29 is 9.59 Å². The van der Waals surface area contributed by atoms with Crippen LogP contribution in [0.2, 0.25) is 0 Å². The molecule has 3 saturated heterocycles. The second-order valence-corrected chi connectivity index (χ2v) is 15.0. The first-order valence-corrected chi connectivity index (χ1v) is 19.0. The number of piperidine rings is 2. The van der Waals surface area contributed by atoms with E-state index in [0.717, 1.165) is 98.8 Å². The smallest absolute Gasteiger partial charge is 0.329 e. The summed E-state index contributed by atoms with van der Waals surface area (Å²) >= 11 is 0. The van der Waals surface area contributed by atoms with E-state index < -0.39 is 0 Å². The normalized spacial score (nSPS) is 20.1. The van der Waals surface area contributed by atoms with E-state index in [1.807, 2.05) is 23.7 Å². The minimum Gasteiger partial charge on any atom is -0.371 e. The molecule has 2 aromatic carbocycles. The molecule has 0 aliphatic carbocycles. The van der Waals surface area contributed by atoms with E-state index in [9.17, 15) is 14.4 Å². The topological polar surface area (TPSA) is 136 Å². The van der Waals surface area contributed by atoms with Crippen molar-refractivity contribution in [2.45, 2.75) is 38.1 Å². The van der Waals surface area contributed by atoms with E-state index in [1.54, 1.807) is 10.8 Å². The first-order valence-electron chi connectivity index (χ1n) is 19.0. The Morgan fingerprint density at radius 2 is 1.57 bits per heavy atom. The van der Waals surface area contributed by atoms with Gasteiger partial charge in [-0.3, -0.25) is 23.6 Å². The van der Waals surface area contributed by atoms with Crippen molar-refractivity contribution in [2.75, 3.05) is 68.7 Å². The molecule has 3 fully saturated rings. The van der Waals surface area contributed by atoms with Crippen LogP contribution in [0.5, 0.6) is 0 Å². The van der Waals surface area contributed by atoms with Crippen LogP contribution in [-0.2, 0) is 18.3 Å². The average Bonchev–Trinajstić information content (AvgIpc) is 3.75. The fourth-order valence-corrected chi connectivity index (χ4v) is 8.67. The quantitative estimate of drug-likeness (QED) is 0.233. The number of hydrogen-bond donors (Lipinski definition) is 3. The van der Waals surface area contributed by atoms with Crippen LogP contribution in [-0.4, -0.2) is 99.7 Å². The Morgan fingerprint density at radius 1 is 0.792 bits per heavy atom. The Kier molecular flexibility index (Phi) is 8.73. The van der Waals surface area contributed by atoms with E-state index in [2.05, 4.69) is 77.8 Å². The number of aromatic nitrogens is 5. The maximum absolute atomic E-state index is 13.2.